The van der Waals surface area contributed by atoms with Crippen molar-refractivity contribution in [1.29, 1.82) is 0 Å². The molecule has 0 saturated heterocycles. The van der Waals surface area contributed by atoms with E-state index in [-0.39, 0.29) is 0 Å². The molecule has 1 N–H and O–H groups in total. The van der Waals surface area contributed by atoms with E-state index in [9.17, 15) is 0 Å². The summed E-state index contributed by atoms with van der Waals surface area (Å²) < 4.78 is 1.20. The van der Waals surface area contributed by atoms with Crippen LogP contribution in [0.3, 0.4) is 0 Å². The molecule has 0 bridgehead atoms. The van der Waals surface area contributed by atoms with Gasteiger partial charge in [-0.3, -0.25) is 0 Å². The van der Waals surface area contributed by atoms with Crippen LogP contribution >= 0.6 is 15.9 Å². The number of rotatable bonds is 5. The van der Waals surface area contributed by atoms with Crippen molar-refractivity contribution in [2.45, 2.75) is 45.7 Å². The SMILES string of the molecule is CCCC1CC1NCc1ccc(Br)c(C)c1. The molecule has 1 aliphatic carbocycles. The van der Waals surface area contributed by atoms with Crippen LogP contribution in [0.15, 0.2) is 22.7 Å². The van der Waals surface area contributed by atoms with Crippen LogP contribution in [0.4, 0.5) is 0 Å². The highest BCUT2D eigenvalue weighted by Crippen LogP contribution is 2.34. The average Bonchev–Trinajstić information content (AvgIpc) is 2.99. The van der Waals surface area contributed by atoms with Gasteiger partial charge in [0.15, 0.2) is 0 Å². The summed E-state index contributed by atoms with van der Waals surface area (Å²) in [5, 5.41) is 3.64. The summed E-state index contributed by atoms with van der Waals surface area (Å²) in [6.45, 7) is 5.43. The number of hydrogen-bond acceptors (Lipinski definition) is 1. The summed E-state index contributed by atoms with van der Waals surface area (Å²) in [5.41, 5.74) is 2.71. The molecule has 0 heterocycles. The normalized spacial score (nSPS) is 23.4. The van der Waals surface area contributed by atoms with Crippen molar-refractivity contribution in [1.82, 2.24) is 5.32 Å². The maximum atomic E-state index is 3.64. The molecule has 0 radical (unpaired) electrons. The van der Waals surface area contributed by atoms with Crippen molar-refractivity contribution in [2.24, 2.45) is 5.92 Å². The van der Waals surface area contributed by atoms with Crippen molar-refractivity contribution >= 4 is 15.9 Å². The summed E-state index contributed by atoms with van der Waals surface area (Å²) in [4.78, 5) is 0. The van der Waals surface area contributed by atoms with Crippen LogP contribution in [-0.4, -0.2) is 6.04 Å². The lowest BCUT2D eigenvalue weighted by Crippen LogP contribution is -2.17. The Morgan fingerprint density at radius 1 is 1.44 bits per heavy atom. The molecule has 1 nitrogen and oxygen atoms in total. The molecule has 0 spiro atoms. The van der Waals surface area contributed by atoms with Gasteiger partial charge in [0, 0.05) is 17.1 Å². The molecule has 88 valence electrons. The third-order valence-electron chi connectivity index (χ3n) is 3.37. The van der Waals surface area contributed by atoms with Crippen LogP contribution in [0.25, 0.3) is 0 Å². The van der Waals surface area contributed by atoms with Gasteiger partial charge in [-0.05, 0) is 42.9 Å². The zero-order valence-corrected chi connectivity index (χ0v) is 11.7. The van der Waals surface area contributed by atoms with Gasteiger partial charge in [0.2, 0.25) is 0 Å². The maximum Gasteiger partial charge on any atom is 0.0208 e. The van der Waals surface area contributed by atoms with E-state index in [0.717, 1.165) is 18.5 Å². The molecule has 16 heavy (non-hydrogen) atoms. The first-order valence-corrected chi connectivity index (χ1v) is 6.98. The minimum absolute atomic E-state index is 0.781. The third-order valence-corrected chi connectivity index (χ3v) is 4.26. The first-order valence-electron chi connectivity index (χ1n) is 6.19. The summed E-state index contributed by atoms with van der Waals surface area (Å²) in [7, 11) is 0. The summed E-state index contributed by atoms with van der Waals surface area (Å²) in [6, 6.07) is 7.38. The van der Waals surface area contributed by atoms with Crippen LogP contribution in [0.5, 0.6) is 0 Å². The van der Waals surface area contributed by atoms with E-state index < -0.39 is 0 Å². The summed E-state index contributed by atoms with van der Waals surface area (Å²) in [6.07, 6.45) is 4.08. The fourth-order valence-electron chi connectivity index (χ4n) is 2.25. The fraction of sp³-hybridized carbons (Fsp3) is 0.571. The molecule has 2 rings (SSSR count). The van der Waals surface area contributed by atoms with Gasteiger partial charge < -0.3 is 5.32 Å². The average molecular weight is 282 g/mol. The second kappa shape index (κ2) is 5.33. The van der Waals surface area contributed by atoms with Crippen molar-refractivity contribution in [3.05, 3.63) is 33.8 Å². The lowest BCUT2D eigenvalue weighted by molar-refractivity contribution is 0.599. The van der Waals surface area contributed by atoms with Gasteiger partial charge in [-0.1, -0.05) is 41.4 Å². The number of nitrogens with one attached hydrogen (secondary N) is 1. The molecule has 1 saturated carbocycles. The highest BCUT2D eigenvalue weighted by molar-refractivity contribution is 9.10. The van der Waals surface area contributed by atoms with Gasteiger partial charge in [-0.2, -0.15) is 0 Å². The van der Waals surface area contributed by atoms with Crippen molar-refractivity contribution in [3.63, 3.8) is 0 Å². The molecule has 1 fully saturated rings. The Labute approximate surface area is 107 Å². The van der Waals surface area contributed by atoms with Gasteiger partial charge >= 0.3 is 0 Å². The zero-order valence-electron chi connectivity index (χ0n) is 10.1. The van der Waals surface area contributed by atoms with E-state index in [4.69, 9.17) is 0 Å². The first kappa shape index (κ1) is 12.1. The minimum Gasteiger partial charge on any atom is -0.310 e. The third kappa shape index (κ3) is 3.08. The van der Waals surface area contributed by atoms with E-state index in [1.165, 1.54) is 34.9 Å². The number of benzene rings is 1. The lowest BCUT2D eigenvalue weighted by Gasteiger charge is -2.06. The molecule has 2 atom stereocenters. The topological polar surface area (TPSA) is 12.0 Å². The van der Waals surface area contributed by atoms with E-state index in [0.29, 0.717) is 0 Å². The number of halogens is 1. The van der Waals surface area contributed by atoms with Crippen LogP contribution < -0.4 is 5.32 Å². The fourth-order valence-corrected chi connectivity index (χ4v) is 2.50. The maximum absolute atomic E-state index is 3.64. The van der Waals surface area contributed by atoms with Crippen LogP contribution in [0.1, 0.15) is 37.3 Å². The van der Waals surface area contributed by atoms with Crippen molar-refractivity contribution < 1.29 is 0 Å². The van der Waals surface area contributed by atoms with E-state index in [2.05, 4.69) is 53.3 Å². The number of hydrogen-bond donors (Lipinski definition) is 1. The standard InChI is InChI=1S/C14H20BrN/c1-3-4-12-8-14(12)16-9-11-5-6-13(15)10(2)7-11/h5-7,12,14,16H,3-4,8-9H2,1-2H3. The molecule has 0 amide bonds. The lowest BCUT2D eigenvalue weighted by atomic mass is 10.1. The van der Waals surface area contributed by atoms with Gasteiger partial charge in [0.05, 0.1) is 0 Å². The Hall–Kier alpha value is -0.340. The van der Waals surface area contributed by atoms with Crippen molar-refractivity contribution in [2.75, 3.05) is 0 Å². The Morgan fingerprint density at radius 2 is 2.25 bits per heavy atom. The minimum atomic E-state index is 0.781. The first-order chi connectivity index (χ1) is 7.70. The molecular formula is C14H20BrN. The Balaban J connectivity index is 1.80. The molecular weight excluding hydrogens is 262 g/mol. The van der Waals surface area contributed by atoms with Crippen molar-refractivity contribution in [3.8, 4) is 0 Å². The van der Waals surface area contributed by atoms with Gasteiger partial charge in [-0.25, -0.2) is 0 Å². The molecule has 1 aromatic rings. The van der Waals surface area contributed by atoms with Crippen LogP contribution in [-0.2, 0) is 6.54 Å². The van der Waals surface area contributed by atoms with E-state index in [1.54, 1.807) is 0 Å². The molecule has 0 aromatic heterocycles. The van der Waals surface area contributed by atoms with Gasteiger partial charge in [-0.15, -0.1) is 0 Å². The quantitative estimate of drug-likeness (QED) is 0.859. The van der Waals surface area contributed by atoms with Gasteiger partial charge in [0.25, 0.3) is 0 Å². The highest BCUT2D eigenvalue weighted by Gasteiger charge is 2.35. The number of aryl methyl sites for hydroxylation is 1. The predicted octanol–water partition coefficient (Wildman–Crippen LogP) is 4.04. The zero-order chi connectivity index (χ0) is 11.5. The summed E-state index contributed by atoms with van der Waals surface area (Å²) >= 11 is 3.53. The van der Waals surface area contributed by atoms with Crippen LogP contribution in [0.2, 0.25) is 0 Å². The highest BCUT2D eigenvalue weighted by atomic mass is 79.9. The second-order valence-corrected chi connectivity index (χ2v) is 5.71. The van der Waals surface area contributed by atoms with E-state index >= 15 is 0 Å². The largest absolute Gasteiger partial charge is 0.310 e. The van der Waals surface area contributed by atoms with Crippen LogP contribution in [0, 0.1) is 12.8 Å². The Kier molecular flexibility index (Phi) is 4.04. The molecule has 1 aliphatic rings. The Morgan fingerprint density at radius 3 is 2.94 bits per heavy atom. The monoisotopic (exact) mass is 281 g/mol. The Bertz CT molecular complexity index is 362. The van der Waals surface area contributed by atoms with E-state index in [1.807, 2.05) is 0 Å². The second-order valence-electron chi connectivity index (χ2n) is 4.86. The molecule has 0 aliphatic heterocycles. The van der Waals surface area contributed by atoms with Gasteiger partial charge in [0.1, 0.15) is 0 Å². The molecule has 1 aromatic carbocycles. The smallest absolute Gasteiger partial charge is 0.0208 e. The molecule has 2 unspecified atom stereocenters. The predicted molar refractivity (Wildman–Crippen MR) is 72.5 cm³/mol. The molecule has 2 heteroatoms. The summed E-state index contributed by atoms with van der Waals surface area (Å²) in [5.74, 6) is 0.946.